The van der Waals surface area contributed by atoms with Crippen LogP contribution in [0.2, 0.25) is 0 Å². The van der Waals surface area contributed by atoms with Crippen molar-refractivity contribution in [3.8, 4) is 0 Å². The monoisotopic (exact) mass is 442 g/mol. The molecule has 150 valence electrons. The molecule has 4 rings (SSSR count). The Balaban J connectivity index is 0.00000225. The van der Waals surface area contributed by atoms with Crippen LogP contribution in [0.3, 0.4) is 0 Å². The van der Waals surface area contributed by atoms with Crippen LogP contribution >= 0.6 is 0 Å². The molecule has 2 aliphatic rings. The van der Waals surface area contributed by atoms with Gasteiger partial charge in [0, 0.05) is 37.1 Å². The number of likely N-dealkylation sites (tertiary alicyclic amines) is 1. The molecule has 0 saturated carbocycles. The lowest BCUT2D eigenvalue weighted by atomic mass is 9.97. The van der Waals surface area contributed by atoms with Crippen molar-refractivity contribution in [3.63, 3.8) is 0 Å². The van der Waals surface area contributed by atoms with Gasteiger partial charge in [-0.25, -0.2) is 0 Å². The number of halogens is 1. The molecule has 3 nitrogen and oxygen atoms in total. The number of hydrogen-bond acceptors (Lipinski definition) is 1. The molecule has 1 atom stereocenters. The Morgan fingerprint density at radius 1 is 0.929 bits per heavy atom. The summed E-state index contributed by atoms with van der Waals surface area (Å²) in [5, 5.41) is 0. The van der Waals surface area contributed by atoms with Crippen molar-refractivity contribution in [1.82, 2.24) is 0 Å². The van der Waals surface area contributed by atoms with Crippen LogP contribution in [0.15, 0.2) is 48.5 Å². The molecule has 2 heterocycles. The number of hydrogen-bond donors (Lipinski definition) is 0. The second kappa shape index (κ2) is 8.79. The van der Waals surface area contributed by atoms with Crippen molar-refractivity contribution >= 4 is 11.6 Å². The first kappa shape index (κ1) is 21.1. The number of piperidine rings is 1. The summed E-state index contributed by atoms with van der Waals surface area (Å²) in [5.41, 5.74) is 4.92. The largest absolute Gasteiger partial charge is 1.00 e. The predicted molar refractivity (Wildman–Crippen MR) is 111 cm³/mol. The normalized spacial score (nSPS) is 21.4. The summed E-state index contributed by atoms with van der Waals surface area (Å²) >= 11 is 0. The zero-order chi connectivity index (χ0) is 18.9. The predicted octanol–water partition coefficient (Wildman–Crippen LogP) is 1.61. The van der Waals surface area contributed by atoms with E-state index in [0.717, 1.165) is 49.2 Å². The molecule has 0 radical (unpaired) electrons. The fourth-order valence-electron chi connectivity index (χ4n) is 5.31. The van der Waals surface area contributed by atoms with Crippen LogP contribution < -0.4 is 21.9 Å². The first-order chi connectivity index (χ1) is 13.1. The Morgan fingerprint density at radius 2 is 1.57 bits per heavy atom. The van der Waals surface area contributed by atoms with Gasteiger partial charge in [-0.1, -0.05) is 48.5 Å². The molecule has 1 amide bonds. The van der Waals surface area contributed by atoms with Crippen LogP contribution in [0.25, 0.3) is 0 Å². The van der Waals surface area contributed by atoms with Gasteiger partial charge in [-0.2, -0.15) is 0 Å². The number of para-hydroxylation sites is 1. The molecule has 0 bridgehead atoms. The van der Waals surface area contributed by atoms with E-state index in [9.17, 15) is 4.79 Å². The zero-order valence-corrected chi connectivity index (χ0v) is 18.6. The van der Waals surface area contributed by atoms with E-state index in [1.807, 2.05) is 0 Å². The molecule has 1 unspecified atom stereocenters. The number of rotatable bonds is 4. The second-order valence-corrected chi connectivity index (χ2v) is 8.40. The van der Waals surface area contributed by atoms with Crippen molar-refractivity contribution in [2.24, 2.45) is 0 Å². The van der Waals surface area contributed by atoms with E-state index in [1.54, 1.807) is 0 Å². The molecule has 0 N–H and O–H groups in total. The molecule has 0 spiro atoms. The summed E-state index contributed by atoms with van der Waals surface area (Å²) < 4.78 is 0.949. The molecular formula is C24H31BrN2O. The topological polar surface area (TPSA) is 20.3 Å². The van der Waals surface area contributed by atoms with Gasteiger partial charge in [-0.15, -0.1) is 0 Å². The number of benzene rings is 2. The lowest BCUT2D eigenvalue weighted by Crippen LogP contribution is -3.00. The summed E-state index contributed by atoms with van der Waals surface area (Å²) in [6, 6.07) is 17.2. The van der Waals surface area contributed by atoms with E-state index in [0.29, 0.717) is 5.91 Å². The highest BCUT2D eigenvalue weighted by atomic mass is 79.9. The van der Waals surface area contributed by atoms with E-state index in [2.05, 4.69) is 67.3 Å². The fourth-order valence-corrected chi connectivity index (χ4v) is 5.31. The third kappa shape index (κ3) is 3.90. The van der Waals surface area contributed by atoms with Gasteiger partial charge in [-0.05, 0) is 31.4 Å². The van der Waals surface area contributed by atoms with Crippen LogP contribution in [0.1, 0.15) is 42.4 Å². The fraction of sp³-hybridized carbons (Fsp3) is 0.458. The van der Waals surface area contributed by atoms with Crippen LogP contribution in [0.4, 0.5) is 5.69 Å². The lowest BCUT2D eigenvalue weighted by molar-refractivity contribution is -0.944. The van der Waals surface area contributed by atoms with Gasteiger partial charge in [0.15, 0.2) is 6.04 Å². The van der Waals surface area contributed by atoms with Gasteiger partial charge in [0.05, 0.1) is 13.1 Å². The number of nitrogens with zero attached hydrogens (tertiary/aromatic N) is 2. The Hall–Kier alpha value is -1.65. The highest BCUT2D eigenvalue weighted by molar-refractivity contribution is 5.98. The molecule has 2 aromatic rings. The minimum atomic E-state index is 0. The molecule has 0 aromatic heterocycles. The zero-order valence-electron chi connectivity index (χ0n) is 17.0. The molecule has 2 aromatic carbocycles. The first-order valence-electron chi connectivity index (χ1n) is 10.4. The summed E-state index contributed by atoms with van der Waals surface area (Å²) in [7, 11) is 0. The minimum Gasteiger partial charge on any atom is -1.00 e. The maximum Gasteiger partial charge on any atom is 0.285 e. The van der Waals surface area contributed by atoms with Crippen LogP contribution in [-0.2, 0) is 11.3 Å². The highest BCUT2D eigenvalue weighted by Gasteiger charge is 2.47. The quantitative estimate of drug-likeness (QED) is 0.658. The van der Waals surface area contributed by atoms with Gasteiger partial charge < -0.3 is 26.4 Å². The average Bonchev–Trinajstić information content (AvgIpc) is 3.13. The third-order valence-corrected chi connectivity index (χ3v) is 6.58. The van der Waals surface area contributed by atoms with Crippen molar-refractivity contribution in [1.29, 1.82) is 0 Å². The smallest absolute Gasteiger partial charge is 0.285 e. The SMILES string of the molecule is Cc1cccc(C)c1N1CCCC([N+]2(Cc3ccccc3)CCCC2)C1=O.[Br-]. The number of amides is 1. The first-order valence-corrected chi connectivity index (χ1v) is 10.4. The van der Waals surface area contributed by atoms with Crippen molar-refractivity contribution in [2.75, 3.05) is 24.5 Å². The maximum absolute atomic E-state index is 13.7. The van der Waals surface area contributed by atoms with E-state index in [1.165, 1.54) is 29.5 Å². The summed E-state index contributed by atoms with van der Waals surface area (Å²) in [6.45, 7) is 8.36. The molecular weight excluding hydrogens is 412 g/mol. The highest BCUT2D eigenvalue weighted by Crippen LogP contribution is 2.35. The lowest BCUT2D eigenvalue weighted by Gasteiger charge is -2.45. The van der Waals surface area contributed by atoms with E-state index >= 15 is 0 Å². The Kier molecular flexibility index (Phi) is 6.61. The number of aryl methyl sites for hydroxylation is 2. The van der Waals surface area contributed by atoms with Crippen molar-refractivity contribution in [2.45, 2.75) is 52.1 Å². The average molecular weight is 443 g/mol. The summed E-state index contributed by atoms with van der Waals surface area (Å²) in [5.74, 6) is 0.344. The van der Waals surface area contributed by atoms with Gasteiger partial charge in [0.1, 0.15) is 6.54 Å². The Labute approximate surface area is 179 Å². The number of carbonyl (C=O) groups is 1. The molecule has 4 heteroatoms. The standard InChI is InChI=1S/C24H31N2O.BrH/c1-19-10-8-11-20(2)23(19)25-15-9-14-22(24(25)27)26(16-6-7-17-26)18-21-12-4-3-5-13-21;/h3-5,8,10-13,22H,6-7,9,14-18H2,1-2H3;1H/q+1;/p-1. The maximum atomic E-state index is 13.7. The molecule has 0 aliphatic carbocycles. The summed E-state index contributed by atoms with van der Waals surface area (Å²) in [6.07, 6.45) is 4.59. The summed E-state index contributed by atoms with van der Waals surface area (Å²) in [4.78, 5) is 15.8. The number of carbonyl (C=O) groups excluding carboxylic acids is 1. The third-order valence-electron chi connectivity index (χ3n) is 6.58. The van der Waals surface area contributed by atoms with E-state index in [-0.39, 0.29) is 23.0 Å². The minimum absolute atomic E-state index is 0. The van der Waals surface area contributed by atoms with Gasteiger partial charge >= 0.3 is 0 Å². The van der Waals surface area contributed by atoms with Crippen molar-refractivity contribution in [3.05, 3.63) is 65.2 Å². The Bertz CT molecular complexity index is 794. The Morgan fingerprint density at radius 3 is 2.21 bits per heavy atom. The van der Waals surface area contributed by atoms with Crippen LogP contribution in [0, 0.1) is 13.8 Å². The molecule has 2 fully saturated rings. The van der Waals surface area contributed by atoms with Crippen LogP contribution in [0.5, 0.6) is 0 Å². The van der Waals surface area contributed by atoms with E-state index in [4.69, 9.17) is 0 Å². The molecule has 2 saturated heterocycles. The van der Waals surface area contributed by atoms with Crippen LogP contribution in [-0.4, -0.2) is 36.1 Å². The number of anilines is 1. The molecule has 2 aliphatic heterocycles. The van der Waals surface area contributed by atoms with E-state index < -0.39 is 0 Å². The van der Waals surface area contributed by atoms with Gasteiger partial charge in [0.2, 0.25) is 0 Å². The second-order valence-electron chi connectivity index (χ2n) is 8.40. The molecule has 28 heavy (non-hydrogen) atoms. The number of quaternary nitrogens is 1. The van der Waals surface area contributed by atoms with Gasteiger partial charge in [0.25, 0.3) is 5.91 Å². The van der Waals surface area contributed by atoms with Crippen molar-refractivity contribution < 1.29 is 26.3 Å². The van der Waals surface area contributed by atoms with Gasteiger partial charge in [-0.3, -0.25) is 4.79 Å².